The van der Waals surface area contributed by atoms with E-state index in [1.807, 2.05) is 0 Å². The fourth-order valence-electron chi connectivity index (χ4n) is 3.73. The molecule has 7 nitrogen and oxygen atoms in total. The van der Waals surface area contributed by atoms with Crippen molar-refractivity contribution in [2.75, 3.05) is 16.6 Å². The molecule has 9 heteroatoms. The van der Waals surface area contributed by atoms with Gasteiger partial charge in [-0.25, -0.2) is 18.4 Å². The van der Waals surface area contributed by atoms with Crippen LogP contribution in [-0.2, 0) is 0 Å². The fraction of sp³-hybridized carbons (Fsp3) is 0.0370. The van der Waals surface area contributed by atoms with E-state index in [2.05, 4.69) is 10.9 Å². The maximum Gasteiger partial charge on any atom is 0.336 e. The lowest BCUT2D eigenvalue weighted by atomic mass is 9.98. The lowest BCUT2D eigenvalue weighted by Crippen LogP contribution is -2.14. The van der Waals surface area contributed by atoms with Crippen LogP contribution in [0.1, 0.15) is 26.3 Å². The van der Waals surface area contributed by atoms with Crippen LogP contribution in [0.25, 0.3) is 22.3 Å². The summed E-state index contributed by atoms with van der Waals surface area (Å²) in [4.78, 5) is 22.4. The van der Waals surface area contributed by atoms with Gasteiger partial charge in [0.05, 0.1) is 28.1 Å². The third-order valence-electron chi connectivity index (χ3n) is 5.69. The number of hydrogen-bond donors (Lipinski definition) is 5. The Morgan fingerprint density at radius 3 is 1.94 bits per heavy atom. The number of aryl methyl sites for hydroxylation is 1. The second kappa shape index (κ2) is 9.75. The first kappa shape index (κ1) is 24.2. The van der Waals surface area contributed by atoms with E-state index in [9.17, 15) is 19.1 Å². The Hall–Kier alpha value is -4.92. The predicted molar refractivity (Wildman–Crippen MR) is 134 cm³/mol. The summed E-state index contributed by atoms with van der Waals surface area (Å²) in [5.41, 5.74) is 13.4. The molecule has 0 amide bonds. The third kappa shape index (κ3) is 4.80. The second-order valence-corrected chi connectivity index (χ2v) is 8.06. The van der Waals surface area contributed by atoms with Crippen LogP contribution in [0, 0.1) is 18.6 Å². The molecule has 0 atom stereocenters. The van der Waals surface area contributed by atoms with Gasteiger partial charge < -0.3 is 21.4 Å². The molecule has 0 spiro atoms. The number of halogens is 2. The molecular weight excluding hydrogens is 468 g/mol. The van der Waals surface area contributed by atoms with Crippen LogP contribution in [0.4, 0.5) is 25.8 Å². The molecule has 4 rings (SSSR count). The van der Waals surface area contributed by atoms with Crippen molar-refractivity contribution in [3.05, 3.63) is 101 Å². The number of carboxylic acid groups (broad SMARTS) is 2. The average molecular weight is 489 g/mol. The van der Waals surface area contributed by atoms with Crippen LogP contribution in [0.3, 0.4) is 0 Å². The van der Waals surface area contributed by atoms with Crippen molar-refractivity contribution in [1.82, 2.24) is 0 Å². The van der Waals surface area contributed by atoms with Gasteiger partial charge in [-0.15, -0.1) is 0 Å². The van der Waals surface area contributed by atoms with Crippen LogP contribution in [0.2, 0.25) is 0 Å². The molecule has 0 aliphatic heterocycles. The molecule has 0 aliphatic carbocycles. The zero-order chi connectivity index (χ0) is 26.0. The average Bonchev–Trinajstić information content (AvgIpc) is 2.85. The smallest absolute Gasteiger partial charge is 0.336 e. The largest absolute Gasteiger partial charge is 0.478 e. The Balaban J connectivity index is 1.62. The minimum Gasteiger partial charge on any atom is -0.478 e. The van der Waals surface area contributed by atoms with Gasteiger partial charge in [0.25, 0.3) is 0 Å². The summed E-state index contributed by atoms with van der Waals surface area (Å²) >= 11 is 0. The maximum atomic E-state index is 15.4. The van der Waals surface area contributed by atoms with Crippen molar-refractivity contribution in [1.29, 1.82) is 0 Å². The number of hydrazine groups is 1. The molecular formula is C27H21F2N3O4. The lowest BCUT2D eigenvalue weighted by Gasteiger charge is -2.17. The van der Waals surface area contributed by atoms with E-state index in [-0.39, 0.29) is 33.6 Å². The molecule has 36 heavy (non-hydrogen) atoms. The van der Waals surface area contributed by atoms with Gasteiger partial charge in [-0.2, -0.15) is 0 Å². The molecule has 0 saturated carbocycles. The van der Waals surface area contributed by atoms with Crippen molar-refractivity contribution < 1.29 is 28.6 Å². The van der Waals surface area contributed by atoms with E-state index in [1.165, 1.54) is 18.2 Å². The number of carboxylic acids is 2. The SMILES string of the molecule is Cc1ccc(NNc2c(N)cc(F)c(-c3ccc(-c4ccc(C(=O)O)cc4)cc3)c2F)cc1C(=O)O. The monoisotopic (exact) mass is 489 g/mol. The molecule has 0 saturated heterocycles. The number of anilines is 3. The van der Waals surface area contributed by atoms with Gasteiger partial charge in [-0.05, 0) is 59.5 Å². The van der Waals surface area contributed by atoms with E-state index < -0.39 is 23.6 Å². The number of rotatable bonds is 7. The van der Waals surface area contributed by atoms with E-state index in [0.29, 0.717) is 11.3 Å². The lowest BCUT2D eigenvalue weighted by molar-refractivity contribution is 0.0685. The van der Waals surface area contributed by atoms with Crippen LogP contribution < -0.4 is 16.6 Å². The van der Waals surface area contributed by atoms with Gasteiger partial charge in [-0.3, -0.25) is 5.43 Å². The summed E-state index contributed by atoms with van der Waals surface area (Å²) in [5.74, 6) is -3.91. The molecule has 0 heterocycles. The van der Waals surface area contributed by atoms with Gasteiger partial charge >= 0.3 is 11.9 Å². The van der Waals surface area contributed by atoms with Gasteiger partial charge in [0.2, 0.25) is 0 Å². The van der Waals surface area contributed by atoms with Crippen LogP contribution >= 0.6 is 0 Å². The minimum absolute atomic E-state index is 0.0766. The van der Waals surface area contributed by atoms with Gasteiger partial charge in [0.15, 0.2) is 5.82 Å². The summed E-state index contributed by atoms with van der Waals surface area (Å²) in [6.07, 6.45) is 0. The molecule has 0 aromatic heterocycles. The quantitative estimate of drug-likeness (QED) is 0.159. The molecule has 6 N–H and O–H groups in total. The number of benzene rings is 4. The summed E-state index contributed by atoms with van der Waals surface area (Å²) in [7, 11) is 0. The molecule has 4 aromatic carbocycles. The zero-order valence-electron chi connectivity index (χ0n) is 19.0. The Morgan fingerprint density at radius 2 is 1.36 bits per heavy atom. The van der Waals surface area contributed by atoms with Crippen LogP contribution in [0.15, 0.2) is 72.8 Å². The maximum absolute atomic E-state index is 15.4. The first-order valence-electron chi connectivity index (χ1n) is 10.7. The summed E-state index contributed by atoms with van der Waals surface area (Å²) < 4.78 is 30.2. The van der Waals surface area contributed by atoms with Crippen molar-refractivity contribution in [3.63, 3.8) is 0 Å². The highest BCUT2D eigenvalue weighted by Crippen LogP contribution is 2.36. The number of hydrogen-bond acceptors (Lipinski definition) is 5. The van der Waals surface area contributed by atoms with Crippen molar-refractivity contribution in [3.8, 4) is 22.3 Å². The number of nitrogens with one attached hydrogen (secondary N) is 2. The Kier molecular flexibility index (Phi) is 6.56. The molecule has 4 aromatic rings. The minimum atomic E-state index is -1.10. The molecule has 0 unspecified atom stereocenters. The topological polar surface area (TPSA) is 125 Å². The zero-order valence-corrected chi connectivity index (χ0v) is 19.0. The number of nitrogen functional groups attached to an aromatic ring is 1. The van der Waals surface area contributed by atoms with Crippen LogP contribution in [-0.4, -0.2) is 22.2 Å². The normalized spacial score (nSPS) is 10.6. The fourth-order valence-corrected chi connectivity index (χ4v) is 3.73. The highest BCUT2D eigenvalue weighted by atomic mass is 19.1. The molecule has 0 fully saturated rings. The van der Waals surface area contributed by atoms with Crippen LogP contribution in [0.5, 0.6) is 0 Å². The van der Waals surface area contributed by atoms with Crippen molar-refractivity contribution >= 4 is 29.0 Å². The highest BCUT2D eigenvalue weighted by molar-refractivity contribution is 5.91. The molecule has 0 radical (unpaired) electrons. The Labute approximate surface area is 204 Å². The number of nitrogens with two attached hydrogens (primary N) is 1. The van der Waals surface area contributed by atoms with E-state index in [0.717, 1.165) is 17.2 Å². The predicted octanol–water partition coefficient (Wildman–Crippen LogP) is 6.02. The third-order valence-corrected chi connectivity index (χ3v) is 5.69. The highest BCUT2D eigenvalue weighted by Gasteiger charge is 2.19. The molecule has 0 aliphatic rings. The van der Waals surface area contributed by atoms with E-state index >= 15 is 4.39 Å². The summed E-state index contributed by atoms with van der Waals surface area (Å²) in [5, 5.41) is 18.3. The second-order valence-electron chi connectivity index (χ2n) is 8.06. The van der Waals surface area contributed by atoms with Crippen molar-refractivity contribution in [2.45, 2.75) is 6.92 Å². The molecule has 182 valence electrons. The van der Waals surface area contributed by atoms with E-state index in [1.54, 1.807) is 55.5 Å². The Morgan fingerprint density at radius 1 is 0.778 bits per heavy atom. The molecule has 0 bridgehead atoms. The van der Waals surface area contributed by atoms with Gasteiger partial charge in [0, 0.05) is 0 Å². The van der Waals surface area contributed by atoms with Gasteiger partial charge in [-0.1, -0.05) is 42.5 Å². The summed E-state index contributed by atoms with van der Waals surface area (Å²) in [6, 6.07) is 18.3. The standard InChI is InChI=1S/C27H21F2N3O4/c1-14-2-11-19(12-20(14)27(35)36)31-32-25-22(30)13-21(28)23(24(25)29)17-7-3-15(4-8-17)16-5-9-18(10-6-16)26(33)34/h2-13,31-32H,30H2,1H3,(H,33,34)(H,35,36). The Bertz CT molecular complexity index is 1470. The van der Waals surface area contributed by atoms with E-state index in [4.69, 9.17) is 10.8 Å². The van der Waals surface area contributed by atoms with Gasteiger partial charge in [0.1, 0.15) is 11.5 Å². The number of carbonyl (C=O) groups is 2. The first-order valence-corrected chi connectivity index (χ1v) is 10.7. The first-order chi connectivity index (χ1) is 17.2. The van der Waals surface area contributed by atoms with Crippen molar-refractivity contribution in [2.24, 2.45) is 0 Å². The summed E-state index contributed by atoms with van der Waals surface area (Å²) in [6.45, 7) is 1.65. The number of aromatic carboxylic acids is 2.